The van der Waals surface area contributed by atoms with Crippen LogP contribution in [0.25, 0.3) is 0 Å². The summed E-state index contributed by atoms with van der Waals surface area (Å²) in [5.74, 6) is 0.349. The molecule has 3 heteroatoms. The Balaban J connectivity index is 0.000000255. The summed E-state index contributed by atoms with van der Waals surface area (Å²) < 4.78 is 0. The Morgan fingerprint density at radius 2 is 0.846 bits per heavy atom. The fourth-order valence-electron chi connectivity index (χ4n) is 4.78. The second-order valence-electron chi connectivity index (χ2n) is 12.7. The molecule has 0 amide bonds. The lowest BCUT2D eigenvalue weighted by Crippen LogP contribution is -2.32. The molecule has 0 spiro atoms. The Morgan fingerprint density at radius 1 is 0.436 bits per heavy atom. The normalized spacial score (nSPS) is 12.5. The standard InChI is InChI=1S/C24H26O.C12H20N2/c1-23(2,18-11-7-5-8-12-18)20-15-16-22(25)21(17-20)24(3,4)19-13-9-6-10-14-19;1-11(2,13)9-6-5-7-10(8-9)12(3,4)14/h5-17,25H,1-4H3;5-8H,13-14H2,1-4H3. The highest BCUT2D eigenvalue weighted by Crippen LogP contribution is 2.40. The second-order valence-corrected chi connectivity index (χ2v) is 12.7. The van der Waals surface area contributed by atoms with Crippen molar-refractivity contribution in [3.05, 3.63) is 137 Å². The van der Waals surface area contributed by atoms with Crippen molar-refractivity contribution in [2.24, 2.45) is 11.5 Å². The van der Waals surface area contributed by atoms with Gasteiger partial charge in [0, 0.05) is 27.5 Å². The van der Waals surface area contributed by atoms with Crippen LogP contribution in [0.3, 0.4) is 0 Å². The van der Waals surface area contributed by atoms with Crippen molar-refractivity contribution in [1.29, 1.82) is 0 Å². The SMILES string of the molecule is CC(C)(N)c1cccc(C(C)(C)N)c1.CC(C)(c1ccccc1)c1ccc(O)c(C(C)(C)c2ccccc2)c1. The average molecular weight is 523 g/mol. The van der Waals surface area contributed by atoms with Crippen LogP contribution in [0.5, 0.6) is 5.75 Å². The lowest BCUT2D eigenvalue weighted by molar-refractivity contribution is 0.451. The Labute approximate surface area is 235 Å². The van der Waals surface area contributed by atoms with Gasteiger partial charge in [0.25, 0.3) is 0 Å². The summed E-state index contributed by atoms with van der Waals surface area (Å²) in [5, 5.41) is 10.6. The summed E-state index contributed by atoms with van der Waals surface area (Å²) in [6.45, 7) is 16.8. The van der Waals surface area contributed by atoms with Gasteiger partial charge in [0.2, 0.25) is 0 Å². The zero-order valence-electron chi connectivity index (χ0n) is 24.9. The van der Waals surface area contributed by atoms with E-state index in [4.69, 9.17) is 11.5 Å². The van der Waals surface area contributed by atoms with E-state index in [0.717, 1.165) is 16.7 Å². The zero-order valence-corrected chi connectivity index (χ0v) is 24.9. The van der Waals surface area contributed by atoms with Crippen molar-refractivity contribution in [2.45, 2.75) is 77.3 Å². The van der Waals surface area contributed by atoms with E-state index in [-0.39, 0.29) is 21.9 Å². The summed E-state index contributed by atoms with van der Waals surface area (Å²) in [5.41, 5.74) is 17.9. The van der Waals surface area contributed by atoms with Crippen LogP contribution >= 0.6 is 0 Å². The lowest BCUT2D eigenvalue weighted by Gasteiger charge is -2.31. The van der Waals surface area contributed by atoms with Gasteiger partial charge in [-0.15, -0.1) is 0 Å². The minimum atomic E-state index is -0.304. The molecule has 4 rings (SSSR count). The van der Waals surface area contributed by atoms with Gasteiger partial charge in [0.15, 0.2) is 0 Å². The number of hydrogen-bond donors (Lipinski definition) is 3. The van der Waals surface area contributed by atoms with E-state index in [1.54, 1.807) is 0 Å². The maximum absolute atomic E-state index is 10.6. The maximum atomic E-state index is 10.6. The van der Waals surface area contributed by atoms with Crippen LogP contribution in [-0.4, -0.2) is 5.11 Å². The number of phenolic OH excluding ortho intramolecular Hbond substituents is 1. The molecule has 0 bridgehead atoms. The molecule has 39 heavy (non-hydrogen) atoms. The molecule has 0 heterocycles. The van der Waals surface area contributed by atoms with E-state index in [2.05, 4.69) is 76.2 Å². The molecule has 0 aliphatic carbocycles. The fourth-order valence-corrected chi connectivity index (χ4v) is 4.78. The van der Waals surface area contributed by atoms with Crippen LogP contribution in [-0.2, 0) is 21.9 Å². The van der Waals surface area contributed by atoms with Gasteiger partial charge in [-0.05, 0) is 61.6 Å². The Bertz CT molecular complexity index is 1330. The molecule has 5 N–H and O–H groups in total. The molecule has 0 saturated carbocycles. The molecule has 0 saturated heterocycles. The molecule has 0 fully saturated rings. The molecule has 0 radical (unpaired) electrons. The topological polar surface area (TPSA) is 72.3 Å². The third-order valence-electron chi connectivity index (χ3n) is 7.73. The summed E-state index contributed by atoms with van der Waals surface area (Å²) in [4.78, 5) is 0. The van der Waals surface area contributed by atoms with Crippen molar-refractivity contribution in [3.63, 3.8) is 0 Å². The van der Waals surface area contributed by atoms with Crippen LogP contribution in [0.4, 0.5) is 0 Å². The molecule has 0 aliphatic rings. The number of hydrogen-bond acceptors (Lipinski definition) is 3. The predicted molar refractivity (Wildman–Crippen MR) is 166 cm³/mol. The lowest BCUT2D eigenvalue weighted by atomic mass is 9.73. The summed E-state index contributed by atoms with van der Waals surface area (Å²) >= 11 is 0. The van der Waals surface area contributed by atoms with E-state index < -0.39 is 0 Å². The fraction of sp³-hybridized carbons (Fsp3) is 0.333. The quantitative estimate of drug-likeness (QED) is 0.239. The van der Waals surface area contributed by atoms with Gasteiger partial charge in [-0.1, -0.05) is 125 Å². The zero-order chi connectivity index (χ0) is 29.1. The third kappa shape index (κ3) is 7.17. The van der Waals surface area contributed by atoms with E-state index in [0.29, 0.717) is 5.75 Å². The first-order valence-corrected chi connectivity index (χ1v) is 13.7. The highest BCUT2D eigenvalue weighted by molar-refractivity contribution is 5.50. The Kier molecular flexibility index (Phi) is 8.79. The number of nitrogens with two attached hydrogens (primary N) is 2. The summed E-state index contributed by atoms with van der Waals surface area (Å²) in [7, 11) is 0. The van der Waals surface area contributed by atoms with Crippen LogP contribution < -0.4 is 11.5 Å². The van der Waals surface area contributed by atoms with Gasteiger partial charge in [-0.3, -0.25) is 0 Å². The van der Waals surface area contributed by atoms with Crippen molar-refractivity contribution >= 4 is 0 Å². The Hall–Kier alpha value is -3.40. The summed E-state index contributed by atoms with van der Waals surface area (Å²) in [6.07, 6.45) is 0. The highest BCUT2D eigenvalue weighted by Gasteiger charge is 2.30. The van der Waals surface area contributed by atoms with Crippen LogP contribution in [0.15, 0.2) is 103 Å². The predicted octanol–water partition coefficient (Wildman–Crippen LogP) is 8.12. The average Bonchev–Trinajstić information content (AvgIpc) is 2.89. The van der Waals surface area contributed by atoms with Crippen LogP contribution in [0.1, 0.15) is 88.8 Å². The van der Waals surface area contributed by atoms with Crippen LogP contribution in [0, 0.1) is 0 Å². The van der Waals surface area contributed by atoms with Gasteiger partial charge in [-0.2, -0.15) is 0 Å². The van der Waals surface area contributed by atoms with E-state index in [1.807, 2.05) is 82.3 Å². The largest absolute Gasteiger partial charge is 0.508 e. The molecular weight excluding hydrogens is 476 g/mol. The number of benzene rings is 4. The van der Waals surface area contributed by atoms with Crippen molar-refractivity contribution < 1.29 is 5.11 Å². The minimum Gasteiger partial charge on any atom is -0.508 e. The molecule has 0 aliphatic heterocycles. The van der Waals surface area contributed by atoms with Gasteiger partial charge in [0.1, 0.15) is 5.75 Å². The molecule has 4 aromatic carbocycles. The molecule has 206 valence electrons. The molecule has 0 aromatic heterocycles. The van der Waals surface area contributed by atoms with Gasteiger partial charge >= 0.3 is 0 Å². The van der Waals surface area contributed by atoms with Gasteiger partial charge in [-0.25, -0.2) is 0 Å². The second kappa shape index (κ2) is 11.4. The first-order valence-electron chi connectivity index (χ1n) is 13.7. The van der Waals surface area contributed by atoms with Crippen molar-refractivity contribution in [2.75, 3.05) is 0 Å². The van der Waals surface area contributed by atoms with E-state index in [9.17, 15) is 5.11 Å². The third-order valence-corrected chi connectivity index (χ3v) is 7.73. The first kappa shape index (κ1) is 30.1. The number of phenols is 1. The number of aromatic hydroxyl groups is 1. The molecule has 4 aromatic rings. The van der Waals surface area contributed by atoms with E-state index >= 15 is 0 Å². The van der Waals surface area contributed by atoms with Crippen LogP contribution in [0.2, 0.25) is 0 Å². The summed E-state index contributed by atoms with van der Waals surface area (Å²) in [6, 6.07) is 35.1. The molecule has 0 atom stereocenters. The minimum absolute atomic E-state index is 0.128. The van der Waals surface area contributed by atoms with Gasteiger partial charge in [0.05, 0.1) is 0 Å². The maximum Gasteiger partial charge on any atom is 0.119 e. The van der Waals surface area contributed by atoms with E-state index in [1.165, 1.54) is 16.7 Å². The molecule has 0 unspecified atom stereocenters. The number of rotatable bonds is 6. The first-order chi connectivity index (χ1) is 18.0. The molecular formula is C36H46N2O. The highest BCUT2D eigenvalue weighted by atomic mass is 16.3. The molecule has 3 nitrogen and oxygen atoms in total. The monoisotopic (exact) mass is 522 g/mol. The smallest absolute Gasteiger partial charge is 0.119 e. The van der Waals surface area contributed by atoms with Gasteiger partial charge < -0.3 is 16.6 Å². The van der Waals surface area contributed by atoms with Crippen molar-refractivity contribution in [1.82, 2.24) is 0 Å². The Morgan fingerprint density at radius 3 is 1.28 bits per heavy atom. The van der Waals surface area contributed by atoms with Crippen molar-refractivity contribution in [3.8, 4) is 5.75 Å².